The molecular formula is C15H19NO. The molecule has 0 spiro atoms. The summed E-state index contributed by atoms with van der Waals surface area (Å²) in [6, 6.07) is 7.74. The van der Waals surface area contributed by atoms with Gasteiger partial charge in [-0.2, -0.15) is 0 Å². The Labute approximate surface area is 103 Å². The molecule has 0 bridgehead atoms. The van der Waals surface area contributed by atoms with Crippen molar-refractivity contribution < 1.29 is 4.79 Å². The minimum absolute atomic E-state index is 0.0965. The van der Waals surface area contributed by atoms with Gasteiger partial charge in [-0.25, -0.2) is 0 Å². The van der Waals surface area contributed by atoms with Crippen LogP contribution in [-0.4, -0.2) is 23.8 Å². The molecular weight excluding hydrogens is 210 g/mol. The molecule has 90 valence electrons. The zero-order valence-corrected chi connectivity index (χ0v) is 10.4. The Morgan fingerprint density at radius 2 is 2.00 bits per heavy atom. The number of hydrogen-bond donors (Lipinski definition) is 0. The maximum atomic E-state index is 11.9. The smallest absolute Gasteiger partial charge is 0.187 e. The van der Waals surface area contributed by atoms with Gasteiger partial charge in [0.15, 0.2) is 5.78 Å². The minimum atomic E-state index is 0.0965. The Kier molecular flexibility index (Phi) is 3.97. The molecule has 17 heavy (non-hydrogen) atoms. The average Bonchev–Trinajstić information content (AvgIpc) is 2.37. The number of likely N-dealkylation sites (tertiary alicyclic amines) is 1. The van der Waals surface area contributed by atoms with Gasteiger partial charge in [0.2, 0.25) is 0 Å². The van der Waals surface area contributed by atoms with Crippen molar-refractivity contribution in [2.45, 2.75) is 26.2 Å². The molecule has 0 amide bonds. The van der Waals surface area contributed by atoms with Crippen LogP contribution in [0, 0.1) is 6.92 Å². The quantitative estimate of drug-likeness (QED) is 0.586. The predicted octanol–water partition coefficient (Wildman–Crippen LogP) is 3.18. The SMILES string of the molecule is Cc1cccc(C(=O)/C=C/N2CCCCC2)c1. The summed E-state index contributed by atoms with van der Waals surface area (Å²) in [5.74, 6) is 0.0965. The lowest BCUT2D eigenvalue weighted by atomic mass is 10.1. The average molecular weight is 229 g/mol. The Bertz CT molecular complexity index is 417. The van der Waals surface area contributed by atoms with E-state index in [0.717, 1.165) is 24.2 Å². The first-order chi connectivity index (χ1) is 8.25. The van der Waals surface area contributed by atoms with E-state index in [1.807, 2.05) is 37.4 Å². The molecule has 1 fully saturated rings. The molecule has 0 aromatic heterocycles. The summed E-state index contributed by atoms with van der Waals surface area (Å²) in [5.41, 5.74) is 1.90. The summed E-state index contributed by atoms with van der Waals surface area (Å²) in [7, 11) is 0. The maximum Gasteiger partial charge on any atom is 0.187 e. The molecule has 2 nitrogen and oxygen atoms in total. The van der Waals surface area contributed by atoms with Gasteiger partial charge in [0.1, 0.15) is 0 Å². The Morgan fingerprint density at radius 1 is 1.24 bits per heavy atom. The van der Waals surface area contributed by atoms with Crippen LogP contribution in [0.2, 0.25) is 0 Å². The number of carbonyl (C=O) groups is 1. The van der Waals surface area contributed by atoms with E-state index in [9.17, 15) is 4.79 Å². The number of nitrogens with zero attached hydrogens (tertiary/aromatic N) is 1. The highest BCUT2D eigenvalue weighted by molar-refractivity contribution is 6.04. The van der Waals surface area contributed by atoms with Crippen LogP contribution in [0.25, 0.3) is 0 Å². The topological polar surface area (TPSA) is 20.3 Å². The Morgan fingerprint density at radius 3 is 2.71 bits per heavy atom. The fourth-order valence-electron chi connectivity index (χ4n) is 2.14. The second-order valence-electron chi connectivity index (χ2n) is 4.65. The van der Waals surface area contributed by atoms with Crippen molar-refractivity contribution in [3.63, 3.8) is 0 Å². The van der Waals surface area contributed by atoms with Gasteiger partial charge >= 0.3 is 0 Å². The van der Waals surface area contributed by atoms with Crippen molar-refractivity contribution in [1.82, 2.24) is 4.90 Å². The van der Waals surface area contributed by atoms with Gasteiger partial charge < -0.3 is 4.90 Å². The van der Waals surface area contributed by atoms with Crippen LogP contribution in [0.5, 0.6) is 0 Å². The summed E-state index contributed by atoms with van der Waals surface area (Å²) < 4.78 is 0. The Hall–Kier alpha value is -1.57. The Balaban J connectivity index is 1.98. The predicted molar refractivity (Wildman–Crippen MR) is 70.1 cm³/mol. The first-order valence-corrected chi connectivity index (χ1v) is 6.29. The second kappa shape index (κ2) is 5.67. The van der Waals surface area contributed by atoms with Crippen LogP contribution in [0.4, 0.5) is 0 Å². The molecule has 0 N–H and O–H groups in total. The number of aryl methyl sites for hydroxylation is 1. The molecule has 0 radical (unpaired) electrons. The third kappa shape index (κ3) is 3.45. The molecule has 1 aromatic carbocycles. The highest BCUT2D eigenvalue weighted by atomic mass is 16.1. The fraction of sp³-hybridized carbons (Fsp3) is 0.400. The zero-order chi connectivity index (χ0) is 12.1. The number of rotatable bonds is 3. The van der Waals surface area contributed by atoms with Crippen LogP contribution >= 0.6 is 0 Å². The molecule has 1 saturated heterocycles. The molecule has 0 unspecified atom stereocenters. The van der Waals surface area contributed by atoms with Crippen LogP contribution < -0.4 is 0 Å². The van der Waals surface area contributed by atoms with E-state index in [-0.39, 0.29) is 5.78 Å². The van der Waals surface area contributed by atoms with Crippen molar-refractivity contribution in [1.29, 1.82) is 0 Å². The normalized spacial score (nSPS) is 16.4. The van der Waals surface area contributed by atoms with E-state index in [1.165, 1.54) is 19.3 Å². The standard InChI is InChI=1S/C15H19NO/c1-13-6-5-7-14(12-13)15(17)8-11-16-9-3-2-4-10-16/h5-8,11-12H,2-4,9-10H2,1H3/b11-8+. The first kappa shape index (κ1) is 11.9. The van der Waals surface area contributed by atoms with Gasteiger partial charge in [0, 0.05) is 30.9 Å². The monoisotopic (exact) mass is 229 g/mol. The molecule has 1 heterocycles. The van der Waals surface area contributed by atoms with Gasteiger partial charge in [-0.05, 0) is 32.3 Å². The maximum absolute atomic E-state index is 11.9. The van der Waals surface area contributed by atoms with Gasteiger partial charge in [0.05, 0.1) is 0 Å². The fourth-order valence-corrected chi connectivity index (χ4v) is 2.14. The van der Waals surface area contributed by atoms with Crippen LogP contribution in [0.1, 0.15) is 35.2 Å². The number of ketones is 1. The van der Waals surface area contributed by atoms with Gasteiger partial charge in [-0.15, -0.1) is 0 Å². The van der Waals surface area contributed by atoms with Crippen molar-refractivity contribution in [3.8, 4) is 0 Å². The molecule has 2 heteroatoms. The molecule has 0 saturated carbocycles. The largest absolute Gasteiger partial charge is 0.377 e. The zero-order valence-electron chi connectivity index (χ0n) is 10.4. The van der Waals surface area contributed by atoms with Crippen LogP contribution in [-0.2, 0) is 0 Å². The number of benzene rings is 1. The van der Waals surface area contributed by atoms with Crippen molar-refractivity contribution in [3.05, 3.63) is 47.7 Å². The number of hydrogen-bond acceptors (Lipinski definition) is 2. The molecule has 2 rings (SSSR count). The third-order valence-electron chi connectivity index (χ3n) is 3.13. The summed E-state index contributed by atoms with van der Waals surface area (Å²) in [5, 5.41) is 0. The number of carbonyl (C=O) groups excluding carboxylic acids is 1. The summed E-state index contributed by atoms with van der Waals surface area (Å²) in [4.78, 5) is 14.2. The molecule has 0 atom stereocenters. The van der Waals surface area contributed by atoms with Gasteiger partial charge in [-0.1, -0.05) is 23.8 Å². The molecule has 1 aromatic rings. The first-order valence-electron chi connectivity index (χ1n) is 6.29. The van der Waals surface area contributed by atoms with Crippen molar-refractivity contribution >= 4 is 5.78 Å². The minimum Gasteiger partial charge on any atom is -0.377 e. The van der Waals surface area contributed by atoms with E-state index in [0.29, 0.717) is 0 Å². The lowest BCUT2D eigenvalue weighted by molar-refractivity contribution is 0.104. The van der Waals surface area contributed by atoms with E-state index in [2.05, 4.69) is 4.90 Å². The number of allylic oxidation sites excluding steroid dienone is 1. The molecule has 1 aliphatic rings. The van der Waals surface area contributed by atoms with Crippen molar-refractivity contribution in [2.75, 3.05) is 13.1 Å². The molecule has 0 aliphatic carbocycles. The van der Waals surface area contributed by atoms with Crippen LogP contribution in [0.15, 0.2) is 36.5 Å². The van der Waals surface area contributed by atoms with E-state index in [1.54, 1.807) is 6.08 Å². The van der Waals surface area contributed by atoms with Gasteiger partial charge in [0.25, 0.3) is 0 Å². The summed E-state index contributed by atoms with van der Waals surface area (Å²) >= 11 is 0. The van der Waals surface area contributed by atoms with Crippen LogP contribution in [0.3, 0.4) is 0 Å². The lowest BCUT2D eigenvalue weighted by Crippen LogP contribution is -2.24. The molecule has 1 aliphatic heterocycles. The van der Waals surface area contributed by atoms with E-state index < -0.39 is 0 Å². The van der Waals surface area contributed by atoms with E-state index in [4.69, 9.17) is 0 Å². The highest BCUT2D eigenvalue weighted by Crippen LogP contribution is 2.10. The van der Waals surface area contributed by atoms with Crippen molar-refractivity contribution in [2.24, 2.45) is 0 Å². The number of piperidine rings is 1. The lowest BCUT2D eigenvalue weighted by Gasteiger charge is -2.24. The van der Waals surface area contributed by atoms with Gasteiger partial charge in [-0.3, -0.25) is 4.79 Å². The third-order valence-corrected chi connectivity index (χ3v) is 3.13. The van der Waals surface area contributed by atoms with E-state index >= 15 is 0 Å². The summed E-state index contributed by atoms with van der Waals surface area (Å²) in [6.45, 7) is 4.17. The summed E-state index contributed by atoms with van der Waals surface area (Å²) in [6.07, 6.45) is 7.44. The second-order valence-corrected chi connectivity index (χ2v) is 4.65. The highest BCUT2D eigenvalue weighted by Gasteiger charge is 2.06.